The molecule has 0 bridgehead atoms. The van der Waals surface area contributed by atoms with Gasteiger partial charge in [0, 0.05) is 6.42 Å². The number of carbonyl (C=O) groups excluding carboxylic acids is 1. The third-order valence-corrected chi connectivity index (χ3v) is 2.47. The predicted octanol–water partition coefficient (Wildman–Crippen LogP) is 1.14. The van der Waals surface area contributed by atoms with Crippen LogP contribution >= 0.6 is 0 Å². The van der Waals surface area contributed by atoms with Crippen LogP contribution in [0.5, 0.6) is 0 Å². The van der Waals surface area contributed by atoms with Gasteiger partial charge in [0.2, 0.25) is 5.91 Å². The number of aromatic carboxylic acids is 1. The molecule has 0 radical (unpaired) electrons. The van der Waals surface area contributed by atoms with Crippen molar-refractivity contribution in [2.24, 2.45) is 0 Å². The van der Waals surface area contributed by atoms with Gasteiger partial charge >= 0.3 is 5.97 Å². The molecule has 1 heterocycles. The molecule has 1 amide bonds. The van der Waals surface area contributed by atoms with Crippen LogP contribution in [0.25, 0.3) is 0 Å². The van der Waals surface area contributed by atoms with E-state index in [1.54, 1.807) is 6.07 Å². The molecule has 0 saturated heterocycles. The number of hydrogen-bond donors (Lipinski definition) is 2. The first-order chi connectivity index (χ1) is 9.56. The minimum absolute atomic E-state index is 0.0246. The third kappa shape index (κ3) is 3.37. The first-order valence-electron chi connectivity index (χ1n) is 5.74. The molecule has 2 aromatic rings. The van der Waals surface area contributed by atoms with Gasteiger partial charge in [-0.25, -0.2) is 9.18 Å². The fraction of sp³-hybridized carbons (Fsp3) is 0.167. The molecule has 20 heavy (non-hydrogen) atoms. The summed E-state index contributed by atoms with van der Waals surface area (Å²) in [5.41, 5.74) is -0.0955. The summed E-state index contributed by atoms with van der Waals surface area (Å²) in [6.45, 7) is 0.153. The van der Waals surface area contributed by atoms with E-state index >= 15 is 0 Å². The van der Waals surface area contributed by atoms with E-state index in [2.05, 4.69) is 15.6 Å². The zero-order valence-corrected chi connectivity index (χ0v) is 10.3. The van der Waals surface area contributed by atoms with Crippen LogP contribution in [0.1, 0.15) is 16.9 Å². The molecular weight excluding hydrogens is 267 g/mol. The molecule has 2 rings (SSSR count). The maximum atomic E-state index is 13.3. The third-order valence-electron chi connectivity index (χ3n) is 2.47. The lowest BCUT2D eigenvalue weighted by molar-refractivity contribution is -0.116. The Morgan fingerprint density at radius 2 is 2.10 bits per heavy atom. The Hall–Kier alpha value is -2.77. The lowest BCUT2D eigenvalue weighted by Gasteiger charge is -2.05. The van der Waals surface area contributed by atoms with Crippen molar-refractivity contribution >= 4 is 17.6 Å². The quantitative estimate of drug-likeness (QED) is 0.854. The number of aryl methyl sites for hydroxylation is 1. The molecule has 1 aromatic heterocycles. The summed E-state index contributed by atoms with van der Waals surface area (Å²) in [6.07, 6.45) is 1.25. The van der Waals surface area contributed by atoms with E-state index in [1.807, 2.05) is 0 Å². The largest absolute Gasteiger partial charge is 0.476 e. The van der Waals surface area contributed by atoms with E-state index < -0.39 is 17.7 Å². The number of nitrogens with zero attached hydrogens (tertiary/aromatic N) is 3. The molecule has 2 N–H and O–H groups in total. The molecule has 0 aliphatic heterocycles. The van der Waals surface area contributed by atoms with Crippen molar-refractivity contribution < 1.29 is 19.1 Å². The van der Waals surface area contributed by atoms with Crippen LogP contribution in [-0.2, 0) is 11.3 Å². The van der Waals surface area contributed by atoms with Gasteiger partial charge in [0.05, 0.1) is 18.4 Å². The molecular formula is C12H11FN4O3. The molecule has 7 nitrogen and oxygen atoms in total. The summed E-state index contributed by atoms with van der Waals surface area (Å²) in [5, 5.41) is 18.1. The van der Waals surface area contributed by atoms with Gasteiger partial charge in [-0.2, -0.15) is 0 Å². The summed E-state index contributed by atoms with van der Waals surface area (Å²) in [5.74, 6) is -2.11. The molecule has 1 aromatic carbocycles. The molecule has 0 spiro atoms. The van der Waals surface area contributed by atoms with E-state index in [0.29, 0.717) is 0 Å². The first-order valence-corrected chi connectivity index (χ1v) is 5.74. The number of aromatic nitrogens is 3. The van der Waals surface area contributed by atoms with E-state index in [9.17, 15) is 14.0 Å². The number of nitrogens with one attached hydrogen (secondary N) is 1. The second-order valence-electron chi connectivity index (χ2n) is 3.95. The Morgan fingerprint density at radius 3 is 2.75 bits per heavy atom. The van der Waals surface area contributed by atoms with Crippen LogP contribution < -0.4 is 5.32 Å². The maximum Gasteiger partial charge on any atom is 0.358 e. The number of para-hydroxylation sites is 1. The van der Waals surface area contributed by atoms with Crippen molar-refractivity contribution in [1.29, 1.82) is 0 Å². The number of amides is 1. The smallest absolute Gasteiger partial charge is 0.358 e. The van der Waals surface area contributed by atoms with Gasteiger partial charge < -0.3 is 10.4 Å². The summed E-state index contributed by atoms with van der Waals surface area (Å²) in [7, 11) is 0. The Labute approximate surface area is 113 Å². The number of carboxylic acid groups (broad SMARTS) is 1. The van der Waals surface area contributed by atoms with Crippen LogP contribution in [0.2, 0.25) is 0 Å². The molecule has 104 valence electrons. The highest BCUT2D eigenvalue weighted by Crippen LogP contribution is 2.12. The summed E-state index contributed by atoms with van der Waals surface area (Å²) in [6, 6.07) is 5.82. The summed E-state index contributed by atoms with van der Waals surface area (Å²) in [4.78, 5) is 22.2. The summed E-state index contributed by atoms with van der Waals surface area (Å²) >= 11 is 0. The highest BCUT2D eigenvalue weighted by atomic mass is 19.1. The molecule has 0 unspecified atom stereocenters. The number of halogens is 1. The standard InChI is InChI=1S/C12H11FN4O3/c13-8-3-1-2-4-9(8)14-11(18)5-6-17-7-10(12(19)20)15-16-17/h1-4,7H,5-6H2,(H,14,18)(H,19,20). The highest BCUT2D eigenvalue weighted by Gasteiger charge is 2.10. The minimum atomic E-state index is -1.19. The zero-order valence-electron chi connectivity index (χ0n) is 10.3. The SMILES string of the molecule is O=C(CCn1cc(C(=O)O)nn1)Nc1ccccc1F. The molecule has 0 aliphatic carbocycles. The van der Waals surface area contributed by atoms with Gasteiger partial charge in [0.15, 0.2) is 5.69 Å². The van der Waals surface area contributed by atoms with Crippen LogP contribution in [0.15, 0.2) is 30.5 Å². The molecule has 8 heteroatoms. The van der Waals surface area contributed by atoms with Crippen molar-refractivity contribution in [2.45, 2.75) is 13.0 Å². The Kier molecular flexibility index (Phi) is 4.04. The van der Waals surface area contributed by atoms with Gasteiger partial charge in [-0.05, 0) is 12.1 Å². The monoisotopic (exact) mass is 278 g/mol. The van der Waals surface area contributed by atoms with Gasteiger partial charge in [0.25, 0.3) is 0 Å². The zero-order chi connectivity index (χ0) is 14.5. The van der Waals surface area contributed by atoms with Crippen LogP contribution in [-0.4, -0.2) is 32.0 Å². The van der Waals surface area contributed by atoms with Crippen molar-refractivity contribution in [2.75, 3.05) is 5.32 Å². The first kappa shape index (κ1) is 13.7. The van der Waals surface area contributed by atoms with E-state index in [1.165, 1.54) is 29.1 Å². The second kappa shape index (κ2) is 5.91. The Balaban J connectivity index is 1.89. The number of anilines is 1. The average molecular weight is 278 g/mol. The van der Waals surface area contributed by atoms with Crippen LogP contribution in [0.3, 0.4) is 0 Å². The number of carbonyl (C=O) groups is 2. The highest BCUT2D eigenvalue weighted by molar-refractivity contribution is 5.90. The topological polar surface area (TPSA) is 97.1 Å². The molecule has 0 aliphatic rings. The predicted molar refractivity (Wildman–Crippen MR) is 66.6 cm³/mol. The molecule has 0 fully saturated rings. The van der Waals surface area contributed by atoms with Gasteiger partial charge in [-0.3, -0.25) is 9.48 Å². The van der Waals surface area contributed by atoms with Crippen LogP contribution in [0.4, 0.5) is 10.1 Å². The van der Waals surface area contributed by atoms with Crippen molar-refractivity contribution in [3.63, 3.8) is 0 Å². The van der Waals surface area contributed by atoms with Gasteiger partial charge in [-0.1, -0.05) is 17.3 Å². The summed E-state index contributed by atoms with van der Waals surface area (Å²) < 4.78 is 14.5. The van der Waals surface area contributed by atoms with Crippen molar-refractivity contribution in [1.82, 2.24) is 15.0 Å². The van der Waals surface area contributed by atoms with E-state index in [0.717, 1.165) is 0 Å². The van der Waals surface area contributed by atoms with E-state index in [-0.39, 0.29) is 24.3 Å². The van der Waals surface area contributed by atoms with Crippen LogP contribution in [0, 0.1) is 5.82 Å². The van der Waals surface area contributed by atoms with E-state index in [4.69, 9.17) is 5.11 Å². The molecule has 0 saturated carbocycles. The molecule has 0 atom stereocenters. The number of rotatable bonds is 5. The van der Waals surface area contributed by atoms with Gasteiger partial charge in [-0.15, -0.1) is 5.10 Å². The second-order valence-corrected chi connectivity index (χ2v) is 3.95. The Bertz CT molecular complexity index is 641. The van der Waals surface area contributed by atoms with Crippen molar-refractivity contribution in [3.8, 4) is 0 Å². The van der Waals surface area contributed by atoms with Crippen molar-refractivity contribution in [3.05, 3.63) is 42.0 Å². The fourth-order valence-electron chi connectivity index (χ4n) is 1.50. The lowest BCUT2D eigenvalue weighted by atomic mass is 10.3. The lowest BCUT2D eigenvalue weighted by Crippen LogP contribution is -2.15. The average Bonchev–Trinajstić information content (AvgIpc) is 2.88. The Morgan fingerprint density at radius 1 is 1.35 bits per heavy atom. The fourth-order valence-corrected chi connectivity index (χ4v) is 1.50. The number of carboxylic acids is 1. The number of hydrogen-bond acceptors (Lipinski definition) is 4. The minimum Gasteiger partial charge on any atom is -0.476 e. The van der Waals surface area contributed by atoms with Gasteiger partial charge in [0.1, 0.15) is 5.82 Å². The maximum absolute atomic E-state index is 13.3. The normalized spacial score (nSPS) is 10.2. The number of benzene rings is 1.